The Morgan fingerprint density at radius 2 is 1.80 bits per heavy atom. The van der Waals surface area contributed by atoms with E-state index in [0.717, 1.165) is 6.07 Å². The van der Waals surface area contributed by atoms with Crippen LogP contribution in [0.4, 0.5) is 13.2 Å². The summed E-state index contributed by atoms with van der Waals surface area (Å²) in [5.41, 5.74) is 0.471. The van der Waals surface area contributed by atoms with Crippen molar-refractivity contribution in [2.45, 2.75) is 11.9 Å². The molecule has 0 saturated carbocycles. The van der Waals surface area contributed by atoms with E-state index < -0.39 is 17.5 Å². The van der Waals surface area contributed by atoms with Crippen molar-refractivity contribution in [3.05, 3.63) is 63.4 Å². The maximum absolute atomic E-state index is 13.7. The molecule has 0 heterocycles. The van der Waals surface area contributed by atoms with Crippen LogP contribution < -0.4 is 4.74 Å². The van der Waals surface area contributed by atoms with Gasteiger partial charge in [-0.15, -0.1) is 0 Å². The lowest BCUT2D eigenvalue weighted by Crippen LogP contribution is -2.03. The Kier molecular flexibility index (Phi) is 5.10. The molecule has 0 bridgehead atoms. The Morgan fingerprint density at radius 1 is 1.05 bits per heavy atom. The van der Waals surface area contributed by atoms with Crippen LogP contribution in [0.1, 0.15) is 11.1 Å². The van der Waals surface area contributed by atoms with Crippen LogP contribution in [0.25, 0.3) is 0 Å². The molecule has 6 heteroatoms. The molecule has 20 heavy (non-hydrogen) atoms. The molecular weight excluding hydrogens is 401 g/mol. The normalized spacial score (nSPS) is 10.7. The highest BCUT2D eigenvalue weighted by Gasteiger charge is 2.13. The van der Waals surface area contributed by atoms with Gasteiger partial charge >= 0.3 is 0 Å². The summed E-state index contributed by atoms with van der Waals surface area (Å²) in [5.74, 6) is -1.67. The Labute approximate surface area is 131 Å². The van der Waals surface area contributed by atoms with Crippen molar-refractivity contribution >= 4 is 31.9 Å². The van der Waals surface area contributed by atoms with Gasteiger partial charge < -0.3 is 4.74 Å². The molecule has 0 aromatic heterocycles. The van der Waals surface area contributed by atoms with Crippen LogP contribution in [0.2, 0.25) is 0 Å². The zero-order valence-electron chi connectivity index (χ0n) is 10.1. The summed E-state index contributed by atoms with van der Waals surface area (Å²) >= 11 is 6.18. The van der Waals surface area contributed by atoms with E-state index in [1.807, 2.05) is 0 Å². The molecule has 0 unspecified atom stereocenters. The van der Waals surface area contributed by atoms with Crippen molar-refractivity contribution in [2.24, 2.45) is 0 Å². The Balaban J connectivity index is 2.21. The predicted octanol–water partition coefficient (Wildman–Crippen LogP) is 5.34. The van der Waals surface area contributed by atoms with Crippen LogP contribution >= 0.6 is 31.9 Å². The lowest BCUT2D eigenvalue weighted by Gasteiger charge is -2.10. The SMILES string of the molecule is Fc1cc(CBr)cc(OCc2c(F)ccc(Br)c2F)c1. The first-order chi connectivity index (χ1) is 9.51. The topological polar surface area (TPSA) is 9.23 Å². The van der Waals surface area contributed by atoms with Gasteiger partial charge in [0.1, 0.15) is 29.8 Å². The van der Waals surface area contributed by atoms with Crippen molar-refractivity contribution in [1.82, 2.24) is 0 Å². The summed E-state index contributed by atoms with van der Waals surface area (Å²) in [4.78, 5) is 0. The second-order valence-electron chi connectivity index (χ2n) is 4.04. The molecule has 2 aromatic carbocycles. The first-order valence-electron chi connectivity index (χ1n) is 5.62. The van der Waals surface area contributed by atoms with Crippen molar-refractivity contribution in [3.8, 4) is 5.75 Å². The van der Waals surface area contributed by atoms with Gasteiger partial charge in [0.2, 0.25) is 0 Å². The quantitative estimate of drug-likeness (QED) is 0.489. The number of halogens is 5. The molecule has 0 saturated heterocycles. The zero-order valence-corrected chi connectivity index (χ0v) is 13.3. The molecule has 0 aliphatic rings. The number of benzene rings is 2. The standard InChI is InChI=1S/C14H9Br2F3O/c15-6-8-3-9(17)5-10(4-8)20-7-11-13(18)2-1-12(16)14(11)19/h1-5H,6-7H2. The molecule has 0 fully saturated rings. The summed E-state index contributed by atoms with van der Waals surface area (Å²) in [6.07, 6.45) is 0. The number of hydrogen-bond acceptors (Lipinski definition) is 1. The van der Waals surface area contributed by atoms with Gasteiger partial charge in [-0.05, 0) is 45.8 Å². The highest BCUT2D eigenvalue weighted by atomic mass is 79.9. The van der Waals surface area contributed by atoms with Gasteiger partial charge in [-0.2, -0.15) is 0 Å². The molecule has 0 aliphatic heterocycles. The Morgan fingerprint density at radius 3 is 2.50 bits per heavy atom. The van der Waals surface area contributed by atoms with E-state index in [2.05, 4.69) is 31.9 Å². The number of hydrogen-bond donors (Lipinski definition) is 0. The van der Waals surface area contributed by atoms with E-state index in [-0.39, 0.29) is 22.4 Å². The molecule has 0 aliphatic carbocycles. The highest BCUT2D eigenvalue weighted by Crippen LogP contribution is 2.24. The number of alkyl halides is 1. The van der Waals surface area contributed by atoms with Gasteiger partial charge in [0.15, 0.2) is 0 Å². The van der Waals surface area contributed by atoms with Crippen LogP contribution in [0.15, 0.2) is 34.8 Å². The van der Waals surface area contributed by atoms with Crippen LogP contribution in [0.5, 0.6) is 5.75 Å². The zero-order chi connectivity index (χ0) is 14.7. The highest BCUT2D eigenvalue weighted by molar-refractivity contribution is 9.10. The van der Waals surface area contributed by atoms with Crippen LogP contribution in [0, 0.1) is 17.5 Å². The largest absolute Gasteiger partial charge is 0.489 e. The van der Waals surface area contributed by atoms with Crippen molar-refractivity contribution < 1.29 is 17.9 Å². The van der Waals surface area contributed by atoms with Gasteiger partial charge in [-0.3, -0.25) is 0 Å². The summed E-state index contributed by atoms with van der Waals surface area (Å²) in [7, 11) is 0. The summed E-state index contributed by atoms with van der Waals surface area (Å²) in [6.45, 7) is -0.317. The second kappa shape index (κ2) is 6.63. The molecule has 0 amide bonds. The lowest BCUT2D eigenvalue weighted by molar-refractivity contribution is 0.290. The van der Waals surface area contributed by atoms with Crippen molar-refractivity contribution in [3.63, 3.8) is 0 Å². The fourth-order valence-corrected chi connectivity index (χ4v) is 2.33. The average molecular weight is 410 g/mol. The summed E-state index contributed by atoms with van der Waals surface area (Å²) in [6, 6.07) is 6.54. The van der Waals surface area contributed by atoms with Crippen molar-refractivity contribution in [1.29, 1.82) is 0 Å². The maximum atomic E-state index is 13.7. The third-order valence-electron chi connectivity index (χ3n) is 2.61. The molecule has 2 rings (SSSR count). The van der Waals surface area contributed by atoms with Gasteiger partial charge in [-0.25, -0.2) is 13.2 Å². The van der Waals surface area contributed by atoms with E-state index in [1.54, 1.807) is 6.07 Å². The molecule has 0 N–H and O–H groups in total. The number of rotatable bonds is 4. The molecule has 0 radical (unpaired) electrons. The van der Waals surface area contributed by atoms with E-state index in [4.69, 9.17) is 4.74 Å². The Bertz CT molecular complexity index is 632. The molecule has 106 valence electrons. The van der Waals surface area contributed by atoms with E-state index in [9.17, 15) is 13.2 Å². The van der Waals surface area contributed by atoms with Crippen molar-refractivity contribution in [2.75, 3.05) is 0 Å². The van der Waals surface area contributed by atoms with E-state index in [0.29, 0.717) is 10.9 Å². The van der Waals surface area contributed by atoms with E-state index in [1.165, 1.54) is 18.2 Å². The van der Waals surface area contributed by atoms with Gasteiger partial charge in [-0.1, -0.05) is 15.9 Å². The summed E-state index contributed by atoms with van der Waals surface area (Å²) in [5, 5.41) is 0.459. The second-order valence-corrected chi connectivity index (χ2v) is 5.45. The van der Waals surface area contributed by atoms with Crippen LogP contribution in [-0.2, 0) is 11.9 Å². The molecule has 0 spiro atoms. The molecular formula is C14H9Br2F3O. The molecule has 2 aromatic rings. The smallest absolute Gasteiger partial charge is 0.146 e. The average Bonchev–Trinajstić information content (AvgIpc) is 2.42. The van der Waals surface area contributed by atoms with Gasteiger partial charge in [0.25, 0.3) is 0 Å². The lowest BCUT2D eigenvalue weighted by atomic mass is 10.2. The first-order valence-corrected chi connectivity index (χ1v) is 7.53. The minimum atomic E-state index is -0.720. The van der Waals surface area contributed by atoms with Gasteiger partial charge in [0, 0.05) is 11.4 Å². The predicted molar refractivity (Wildman–Crippen MR) is 77.4 cm³/mol. The van der Waals surface area contributed by atoms with Crippen LogP contribution in [-0.4, -0.2) is 0 Å². The van der Waals surface area contributed by atoms with E-state index >= 15 is 0 Å². The first kappa shape index (κ1) is 15.4. The monoisotopic (exact) mass is 408 g/mol. The molecule has 0 atom stereocenters. The third kappa shape index (κ3) is 3.55. The minimum Gasteiger partial charge on any atom is -0.489 e. The van der Waals surface area contributed by atoms with Crippen LogP contribution in [0.3, 0.4) is 0 Å². The third-order valence-corrected chi connectivity index (χ3v) is 3.87. The Hall–Kier alpha value is -1.01. The molecule has 1 nitrogen and oxygen atoms in total. The summed E-state index contributed by atoms with van der Waals surface area (Å²) < 4.78 is 46.0. The fourth-order valence-electron chi connectivity index (χ4n) is 1.64. The maximum Gasteiger partial charge on any atom is 0.146 e. The number of ether oxygens (including phenoxy) is 1. The fraction of sp³-hybridized carbons (Fsp3) is 0.143. The van der Waals surface area contributed by atoms with Gasteiger partial charge in [0.05, 0.1) is 10.0 Å². The minimum absolute atomic E-state index is 0.151.